The zero-order valence-corrected chi connectivity index (χ0v) is 18.4. The van der Waals surface area contributed by atoms with Gasteiger partial charge in [-0.1, -0.05) is 18.2 Å². The highest BCUT2D eigenvalue weighted by Gasteiger charge is 2.18. The number of benzene rings is 2. The number of rotatable bonds is 10. The van der Waals surface area contributed by atoms with E-state index < -0.39 is 27.7 Å². The zero-order valence-electron chi connectivity index (χ0n) is 17.5. The maximum Gasteiger partial charge on any atom is 0.253 e. The van der Waals surface area contributed by atoms with Crippen molar-refractivity contribution in [3.8, 4) is 5.75 Å². The van der Waals surface area contributed by atoms with Gasteiger partial charge < -0.3 is 21.1 Å². The van der Waals surface area contributed by atoms with E-state index in [2.05, 4.69) is 15.4 Å². The topological polar surface area (TPSA) is 157 Å². The number of para-hydroxylation sites is 1. The number of carbonyl (C=O) groups excluding carboxylic acids is 3. The molecular formula is C21H24N4O6S. The minimum atomic E-state index is -3.76. The first-order chi connectivity index (χ1) is 15.2. The third-order valence-corrected chi connectivity index (χ3v) is 5.70. The van der Waals surface area contributed by atoms with E-state index in [9.17, 15) is 22.8 Å². The lowest BCUT2D eigenvalue weighted by atomic mass is 10.1. The average molecular weight is 461 g/mol. The molecule has 0 fully saturated rings. The van der Waals surface area contributed by atoms with E-state index in [1.54, 1.807) is 24.3 Å². The highest BCUT2D eigenvalue weighted by Crippen LogP contribution is 2.25. The predicted molar refractivity (Wildman–Crippen MR) is 119 cm³/mol. The summed E-state index contributed by atoms with van der Waals surface area (Å²) in [5.41, 5.74) is 5.99. The Kier molecular flexibility index (Phi) is 8.50. The van der Waals surface area contributed by atoms with Crippen molar-refractivity contribution in [2.45, 2.75) is 11.3 Å². The second-order valence-electron chi connectivity index (χ2n) is 6.46. The summed E-state index contributed by atoms with van der Waals surface area (Å²) in [5.74, 6) is -1.38. The number of hydrogen-bond acceptors (Lipinski definition) is 6. The summed E-state index contributed by atoms with van der Waals surface area (Å²) in [4.78, 5) is 35.4. The van der Waals surface area contributed by atoms with Crippen LogP contribution < -0.4 is 25.8 Å². The second kappa shape index (κ2) is 11.1. The average Bonchev–Trinajstić information content (AvgIpc) is 2.77. The number of primary amides is 1. The Morgan fingerprint density at radius 2 is 1.84 bits per heavy atom. The number of sulfonamides is 1. The van der Waals surface area contributed by atoms with Crippen LogP contribution in [-0.4, -0.2) is 46.8 Å². The van der Waals surface area contributed by atoms with Crippen molar-refractivity contribution < 1.29 is 27.5 Å². The van der Waals surface area contributed by atoms with Crippen LogP contribution in [0.15, 0.2) is 53.4 Å². The van der Waals surface area contributed by atoms with Gasteiger partial charge in [0.1, 0.15) is 10.6 Å². The van der Waals surface area contributed by atoms with Gasteiger partial charge in [0, 0.05) is 19.0 Å². The molecule has 0 radical (unpaired) electrons. The molecule has 32 heavy (non-hydrogen) atoms. The van der Waals surface area contributed by atoms with Crippen molar-refractivity contribution in [1.29, 1.82) is 0 Å². The molecular weight excluding hydrogens is 436 g/mol. The fraction of sp³-hybridized carbons (Fsp3) is 0.190. The number of carbonyl (C=O) groups is 3. The van der Waals surface area contributed by atoms with Crippen LogP contribution in [0.2, 0.25) is 0 Å². The molecule has 0 atom stereocenters. The van der Waals surface area contributed by atoms with Crippen LogP contribution in [0, 0.1) is 0 Å². The Labute approximate surface area is 185 Å². The Morgan fingerprint density at radius 1 is 1.12 bits per heavy atom. The van der Waals surface area contributed by atoms with Crippen molar-refractivity contribution in [1.82, 2.24) is 10.0 Å². The summed E-state index contributed by atoms with van der Waals surface area (Å²) in [6.45, 7) is 0.0751. The van der Waals surface area contributed by atoms with Gasteiger partial charge in [-0.15, -0.1) is 0 Å². The second-order valence-corrected chi connectivity index (χ2v) is 8.31. The number of hydrogen-bond donors (Lipinski definition) is 4. The smallest absolute Gasteiger partial charge is 0.253 e. The normalized spacial score (nSPS) is 11.2. The number of methoxy groups -OCH3 is 1. The van der Waals surface area contributed by atoms with Crippen molar-refractivity contribution in [2.75, 3.05) is 26.0 Å². The van der Waals surface area contributed by atoms with E-state index in [-0.39, 0.29) is 34.9 Å². The summed E-state index contributed by atoms with van der Waals surface area (Å²) in [7, 11) is -1.12. The molecule has 0 spiro atoms. The first-order valence-corrected chi connectivity index (χ1v) is 10.9. The molecule has 170 valence electrons. The number of anilines is 1. The lowest BCUT2D eigenvalue weighted by molar-refractivity contribution is -0.118. The molecule has 2 aromatic carbocycles. The van der Waals surface area contributed by atoms with Crippen LogP contribution in [0.1, 0.15) is 22.3 Å². The van der Waals surface area contributed by atoms with Crippen molar-refractivity contribution in [3.05, 3.63) is 59.7 Å². The molecule has 5 N–H and O–H groups in total. The van der Waals surface area contributed by atoms with Gasteiger partial charge in [0.15, 0.2) is 0 Å². The highest BCUT2D eigenvalue weighted by atomic mass is 32.2. The van der Waals surface area contributed by atoms with Gasteiger partial charge in [0.05, 0.1) is 18.4 Å². The van der Waals surface area contributed by atoms with E-state index in [0.717, 1.165) is 0 Å². The van der Waals surface area contributed by atoms with Gasteiger partial charge in [-0.25, -0.2) is 13.1 Å². The molecule has 0 aliphatic carbocycles. The van der Waals surface area contributed by atoms with Crippen LogP contribution in [0.5, 0.6) is 5.75 Å². The maximum absolute atomic E-state index is 12.4. The van der Waals surface area contributed by atoms with E-state index in [4.69, 9.17) is 10.5 Å². The Balaban J connectivity index is 2.16. The van der Waals surface area contributed by atoms with Crippen LogP contribution in [0.25, 0.3) is 6.08 Å². The third-order valence-electron chi connectivity index (χ3n) is 4.26. The molecule has 0 heterocycles. The van der Waals surface area contributed by atoms with Crippen LogP contribution in [-0.2, 0) is 19.6 Å². The first-order valence-electron chi connectivity index (χ1n) is 9.44. The SMILES string of the molecule is CNS(=O)(=O)c1cc(/C=C/C(=O)Nc2ccccc2C(=O)NCCC(N)=O)ccc1OC. The van der Waals surface area contributed by atoms with E-state index in [1.165, 1.54) is 44.5 Å². The lowest BCUT2D eigenvalue weighted by Crippen LogP contribution is -2.28. The summed E-state index contributed by atoms with van der Waals surface area (Å²) in [6.07, 6.45) is 2.63. The fourth-order valence-electron chi connectivity index (χ4n) is 2.65. The Hall–Kier alpha value is -3.70. The van der Waals surface area contributed by atoms with Gasteiger partial charge in [0.25, 0.3) is 5.91 Å². The van der Waals surface area contributed by atoms with E-state index in [1.807, 2.05) is 0 Å². The summed E-state index contributed by atoms with van der Waals surface area (Å²) in [5, 5.41) is 5.16. The standard InChI is InChI=1S/C21H24N4O6S/c1-23-32(29,30)18-13-14(7-9-17(18)31-2)8-10-20(27)25-16-6-4-3-5-15(16)21(28)24-12-11-19(22)26/h3-10,13,23H,11-12H2,1-2H3,(H2,22,26)(H,24,28)(H,25,27)/b10-8+. The third kappa shape index (κ3) is 6.65. The number of ether oxygens (including phenoxy) is 1. The largest absolute Gasteiger partial charge is 0.495 e. The van der Waals surface area contributed by atoms with Gasteiger partial charge in [-0.05, 0) is 43.0 Å². The van der Waals surface area contributed by atoms with Crippen molar-refractivity contribution >= 4 is 39.5 Å². The Bertz CT molecular complexity index is 1140. The van der Waals surface area contributed by atoms with Gasteiger partial charge in [-0.2, -0.15) is 0 Å². The number of nitrogens with two attached hydrogens (primary N) is 1. The number of amides is 3. The minimum Gasteiger partial charge on any atom is -0.495 e. The van der Waals surface area contributed by atoms with Crippen LogP contribution in [0.3, 0.4) is 0 Å². The monoisotopic (exact) mass is 460 g/mol. The molecule has 10 nitrogen and oxygen atoms in total. The molecule has 0 saturated carbocycles. The predicted octanol–water partition coefficient (Wildman–Crippen LogP) is 0.860. The molecule has 11 heteroatoms. The quantitative estimate of drug-likeness (QED) is 0.385. The number of nitrogens with one attached hydrogen (secondary N) is 3. The molecule has 0 aromatic heterocycles. The molecule has 2 aromatic rings. The van der Waals surface area contributed by atoms with Crippen LogP contribution in [0.4, 0.5) is 5.69 Å². The van der Waals surface area contributed by atoms with E-state index >= 15 is 0 Å². The van der Waals surface area contributed by atoms with Gasteiger partial charge in [-0.3, -0.25) is 14.4 Å². The summed E-state index contributed by atoms with van der Waals surface area (Å²) < 4.78 is 31.6. The molecule has 0 bridgehead atoms. The molecule has 0 saturated heterocycles. The van der Waals surface area contributed by atoms with Crippen molar-refractivity contribution in [3.63, 3.8) is 0 Å². The minimum absolute atomic E-state index is 0.00384. The summed E-state index contributed by atoms with van der Waals surface area (Å²) >= 11 is 0. The van der Waals surface area contributed by atoms with E-state index in [0.29, 0.717) is 5.56 Å². The van der Waals surface area contributed by atoms with Crippen LogP contribution >= 0.6 is 0 Å². The molecule has 0 aliphatic rings. The summed E-state index contributed by atoms with van der Waals surface area (Å²) in [6, 6.07) is 10.8. The zero-order chi connectivity index (χ0) is 23.7. The highest BCUT2D eigenvalue weighted by molar-refractivity contribution is 7.89. The Morgan fingerprint density at radius 3 is 2.50 bits per heavy atom. The lowest BCUT2D eigenvalue weighted by Gasteiger charge is -2.10. The maximum atomic E-state index is 12.4. The molecule has 3 amide bonds. The fourth-order valence-corrected chi connectivity index (χ4v) is 3.58. The molecule has 2 rings (SSSR count). The van der Waals surface area contributed by atoms with Crippen molar-refractivity contribution in [2.24, 2.45) is 5.73 Å². The first kappa shape index (κ1) is 24.6. The van der Waals surface area contributed by atoms with Gasteiger partial charge in [0.2, 0.25) is 21.8 Å². The van der Waals surface area contributed by atoms with Gasteiger partial charge >= 0.3 is 0 Å². The molecule has 0 aliphatic heterocycles. The molecule has 0 unspecified atom stereocenters.